The molecule has 3 aromatic rings. The minimum absolute atomic E-state index is 0.111. The lowest BCUT2D eigenvalue weighted by molar-refractivity contribution is 0.0914. The van der Waals surface area contributed by atoms with Crippen molar-refractivity contribution in [1.82, 2.24) is 19.7 Å². The SMILES string of the molecule is FC(F)c1nc2cccc(CN3CC(n4cc(Cl)cn4)C3)c2s1. The Kier molecular flexibility index (Phi) is 3.79. The van der Waals surface area contributed by atoms with E-state index >= 15 is 0 Å². The van der Waals surface area contributed by atoms with E-state index in [-0.39, 0.29) is 5.01 Å². The third-order valence-corrected chi connectivity index (χ3v) is 5.32. The molecule has 4 rings (SSSR count). The van der Waals surface area contributed by atoms with E-state index < -0.39 is 6.43 Å². The van der Waals surface area contributed by atoms with Crippen LogP contribution < -0.4 is 0 Å². The summed E-state index contributed by atoms with van der Waals surface area (Å²) in [5, 5.41) is 4.74. The highest BCUT2D eigenvalue weighted by Gasteiger charge is 2.29. The predicted octanol–water partition coefficient (Wildman–Crippen LogP) is 4.14. The number of fused-ring (bicyclic) bond motifs is 1. The zero-order chi connectivity index (χ0) is 16.0. The molecule has 3 heterocycles. The molecule has 0 spiro atoms. The van der Waals surface area contributed by atoms with E-state index in [0.29, 0.717) is 16.6 Å². The normalized spacial score (nSPS) is 16.3. The van der Waals surface area contributed by atoms with Crippen LogP contribution in [0.25, 0.3) is 10.2 Å². The maximum absolute atomic E-state index is 12.8. The first-order chi connectivity index (χ1) is 11.1. The third-order valence-electron chi connectivity index (χ3n) is 3.98. The van der Waals surface area contributed by atoms with Crippen molar-refractivity contribution < 1.29 is 8.78 Å². The zero-order valence-corrected chi connectivity index (χ0v) is 13.6. The van der Waals surface area contributed by atoms with Crippen LogP contribution >= 0.6 is 22.9 Å². The van der Waals surface area contributed by atoms with Crippen molar-refractivity contribution in [1.29, 1.82) is 0 Å². The van der Waals surface area contributed by atoms with Gasteiger partial charge in [0.05, 0.1) is 27.5 Å². The van der Waals surface area contributed by atoms with Crippen molar-refractivity contribution in [3.05, 3.63) is 46.2 Å². The highest BCUT2D eigenvalue weighted by atomic mass is 35.5. The molecule has 0 bridgehead atoms. The molecular weight excluding hydrogens is 342 g/mol. The molecule has 4 nitrogen and oxygen atoms in total. The summed E-state index contributed by atoms with van der Waals surface area (Å²) in [6, 6.07) is 5.96. The molecule has 1 aliphatic heterocycles. The van der Waals surface area contributed by atoms with Crippen LogP contribution in [0.15, 0.2) is 30.6 Å². The van der Waals surface area contributed by atoms with Gasteiger partial charge in [-0.25, -0.2) is 13.8 Å². The first-order valence-corrected chi connectivity index (χ1v) is 8.38. The first kappa shape index (κ1) is 15.0. The quantitative estimate of drug-likeness (QED) is 0.706. The van der Waals surface area contributed by atoms with E-state index in [2.05, 4.69) is 15.0 Å². The largest absolute Gasteiger partial charge is 0.295 e. The fraction of sp³-hybridized carbons (Fsp3) is 0.333. The number of benzene rings is 1. The first-order valence-electron chi connectivity index (χ1n) is 7.18. The van der Waals surface area contributed by atoms with Gasteiger partial charge in [0.2, 0.25) is 0 Å². The molecule has 120 valence electrons. The van der Waals surface area contributed by atoms with Gasteiger partial charge < -0.3 is 0 Å². The Morgan fingerprint density at radius 3 is 2.87 bits per heavy atom. The summed E-state index contributed by atoms with van der Waals surface area (Å²) in [6.07, 6.45) is 0.939. The minimum atomic E-state index is -2.52. The summed E-state index contributed by atoms with van der Waals surface area (Å²) in [7, 11) is 0. The molecule has 0 unspecified atom stereocenters. The smallest absolute Gasteiger partial charge is 0.289 e. The summed E-state index contributed by atoms with van der Waals surface area (Å²) in [5.41, 5.74) is 1.70. The van der Waals surface area contributed by atoms with E-state index in [0.717, 1.165) is 41.2 Å². The van der Waals surface area contributed by atoms with Gasteiger partial charge in [0.15, 0.2) is 5.01 Å². The van der Waals surface area contributed by atoms with Gasteiger partial charge in [-0.15, -0.1) is 11.3 Å². The summed E-state index contributed by atoms with van der Waals surface area (Å²) < 4.78 is 28.4. The molecule has 0 radical (unpaired) electrons. The highest BCUT2D eigenvalue weighted by Crippen LogP contribution is 2.33. The maximum Gasteiger partial charge on any atom is 0.289 e. The molecule has 0 N–H and O–H groups in total. The maximum atomic E-state index is 12.8. The van der Waals surface area contributed by atoms with Gasteiger partial charge in [0, 0.05) is 25.8 Å². The molecule has 1 aliphatic rings. The second-order valence-corrected chi connectivity index (χ2v) is 7.07. The van der Waals surface area contributed by atoms with Crippen LogP contribution in [0.1, 0.15) is 23.0 Å². The molecule has 8 heteroatoms. The Hall–Kier alpha value is -1.57. The summed E-state index contributed by atoms with van der Waals surface area (Å²) in [5.74, 6) is 0. The monoisotopic (exact) mass is 354 g/mol. The van der Waals surface area contributed by atoms with Crippen molar-refractivity contribution >= 4 is 33.2 Å². The number of nitrogens with zero attached hydrogens (tertiary/aromatic N) is 4. The number of aromatic nitrogens is 3. The van der Waals surface area contributed by atoms with Crippen LogP contribution in [0.3, 0.4) is 0 Å². The van der Waals surface area contributed by atoms with Crippen LogP contribution in [0.4, 0.5) is 8.78 Å². The molecule has 1 fully saturated rings. The Bertz CT molecular complexity index is 841. The van der Waals surface area contributed by atoms with E-state index in [1.165, 1.54) is 0 Å². The van der Waals surface area contributed by atoms with Crippen molar-refractivity contribution in [2.75, 3.05) is 13.1 Å². The fourth-order valence-electron chi connectivity index (χ4n) is 2.84. The van der Waals surface area contributed by atoms with Crippen molar-refractivity contribution in [2.45, 2.75) is 19.0 Å². The van der Waals surface area contributed by atoms with Gasteiger partial charge in [0.25, 0.3) is 6.43 Å². The average molecular weight is 355 g/mol. The van der Waals surface area contributed by atoms with Crippen LogP contribution in [-0.2, 0) is 6.54 Å². The minimum Gasteiger partial charge on any atom is -0.295 e. The fourth-order valence-corrected chi connectivity index (χ4v) is 3.90. The van der Waals surface area contributed by atoms with E-state index in [1.54, 1.807) is 12.3 Å². The Labute approximate surface area is 140 Å². The van der Waals surface area contributed by atoms with Gasteiger partial charge in [-0.05, 0) is 11.6 Å². The second-order valence-electron chi connectivity index (χ2n) is 5.60. The van der Waals surface area contributed by atoms with Crippen molar-refractivity contribution in [2.24, 2.45) is 0 Å². The lowest BCUT2D eigenvalue weighted by atomic mass is 10.1. The number of halogens is 3. The molecule has 1 aromatic carbocycles. The van der Waals surface area contributed by atoms with Crippen LogP contribution in [0, 0.1) is 0 Å². The molecule has 0 saturated carbocycles. The third kappa shape index (κ3) is 2.84. The Morgan fingerprint density at radius 1 is 1.35 bits per heavy atom. The molecule has 0 atom stereocenters. The van der Waals surface area contributed by atoms with E-state index in [4.69, 9.17) is 11.6 Å². The standard InChI is InChI=1S/C15H13ClF2N4S/c16-10-4-19-22(6-10)11-7-21(8-11)5-9-2-1-3-12-13(9)23-15(20-12)14(17)18/h1-4,6,11,14H,5,7-8H2. The summed E-state index contributed by atoms with van der Waals surface area (Å²) >= 11 is 6.97. The molecule has 1 saturated heterocycles. The highest BCUT2D eigenvalue weighted by molar-refractivity contribution is 7.18. The van der Waals surface area contributed by atoms with Crippen LogP contribution in [0.5, 0.6) is 0 Å². The summed E-state index contributed by atoms with van der Waals surface area (Å²) in [4.78, 5) is 6.27. The van der Waals surface area contributed by atoms with Gasteiger partial charge in [-0.1, -0.05) is 23.7 Å². The topological polar surface area (TPSA) is 34.0 Å². The molecule has 0 aliphatic carbocycles. The van der Waals surface area contributed by atoms with Gasteiger partial charge in [-0.2, -0.15) is 5.10 Å². The predicted molar refractivity (Wildman–Crippen MR) is 86.1 cm³/mol. The van der Waals surface area contributed by atoms with Crippen LogP contribution in [-0.4, -0.2) is 32.8 Å². The Morgan fingerprint density at radius 2 is 2.17 bits per heavy atom. The number of rotatable bonds is 4. The average Bonchev–Trinajstić information content (AvgIpc) is 3.08. The molecular formula is C15H13ClF2N4S. The molecule has 2 aromatic heterocycles. The van der Waals surface area contributed by atoms with Crippen molar-refractivity contribution in [3.63, 3.8) is 0 Å². The summed E-state index contributed by atoms with van der Waals surface area (Å²) in [6.45, 7) is 2.47. The zero-order valence-electron chi connectivity index (χ0n) is 12.0. The second kappa shape index (κ2) is 5.81. The number of hydrogen-bond donors (Lipinski definition) is 0. The number of hydrogen-bond acceptors (Lipinski definition) is 4. The van der Waals surface area contributed by atoms with E-state index in [1.807, 2.05) is 23.0 Å². The molecule has 0 amide bonds. The lowest BCUT2D eigenvalue weighted by Crippen LogP contribution is -2.47. The van der Waals surface area contributed by atoms with Crippen LogP contribution in [0.2, 0.25) is 5.02 Å². The molecule has 23 heavy (non-hydrogen) atoms. The lowest BCUT2D eigenvalue weighted by Gasteiger charge is -2.39. The van der Waals surface area contributed by atoms with Gasteiger partial charge in [0.1, 0.15) is 0 Å². The van der Waals surface area contributed by atoms with Gasteiger partial charge in [-0.3, -0.25) is 9.58 Å². The van der Waals surface area contributed by atoms with Crippen molar-refractivity contribution in [3.8, 4) is 0 Å². The van der Waals surface area contributed by atoms with Gasteiger partial charge >= 0.3 is 0 Å². The number of thiazole rings is 1. The van der Waals surface area contributed by atoms with E-state index in [9.17, 15) is 8.78 Å². The Balaban J connectivity index is 1.49. The number of likely N-dealkylation sites (tertiary alicyclic amines) is 1. The number of alkyl halides is 2.